The van der Waals surface area contributed by atoms with Crippen molar-refractivity contribution in [3.63, 3.8) is 0 Å². The fourth-order valence-corrected chi connectivity index (χ4v) is 1.20. The number of nitrogens with zero attached hydrogens (tertiary/aromatic N) is 1. The van der Waals surface area contributed by atoms with Crippen LogP contribution in [0, 0.1) is 0 Å². The van der Waals surface area contributed by atoms with Crippen molar-refractivity contribution >= 4 is 11.4 Å². The van der Waals surface area contributed by atoms with Gasteiger partial charge in [0.15, 0.2) is 0 Å². The SMILES string of the molecule is C=CCNc1ccccc1N(C)C. The van der Waals surface area contributed by atoms with Gasteiger partial charge >= 0.3 is 0 Å². The molecular weight excluding hydrogens is 160 g/mol. The highest BCUT2D eigenvalue weighted by Gasteiger charge is 2.00. The highest BCUT2D eigenvalue weighted by atomic mass is 15.1. The van der Waals surface area contributed by atoms with E-state index in [1.54, 1.807) is 0 Å². The molecule has 1 aromatic rings. The number of hydrogen-bond donors (Lipinski definition) is 1. The van der Waals surface area contributed by atoms with E-state index in [0.29, 0.717) is 0 Å². The molecule has 0 aromatic heterocycles. The minimum absolute atomic E-state index is 0.796. The van der Waals surface area contributed by atoms with Gasteiger partial charge in [-0.05, 0) is 12.1 Å². The Morgan fingerprint density at radius 3 is 2.69 bits per heavy atom. The van der Waals surface area contributed by atoms with Crippen LogP contribution in [0.5, 0.6) is 0 Å². The van der Waals surface area contributed by atoms with Gasteiger partial charge in [0.05, 0.1) is 11.4 Å². The van der Waals surface area contributed by atoms with Crippen molar-refractivity contribution in [1.82, 2.24) is 0 Å². The van der Waals surface area contributed by atoms with Crippen LogP contribution < -0.4 is 10.2 Å². The van der Waals surface area contributed by atoms with E-state index in [0.717, 1.165) is 12.2 Å². The highest BCUT2D eigenvalue weighted by Crippen LogP contribution is 2.22. The summed E-state index contributed by atoms with van der Waals surface area (Å²) in [5.74, 6) is 0. The summed E-state index contributed by atoms with van der Waals surface area (Å²) in [5.41, 5.74) is 2.34. The molecule has 0 radical (unpaired) electrons. The lowest BCUT2D eigenvalue weighted by atomic mass is 10.2. The summed E-state index contributed by atoms with van der Waals surface area (Å²) in [7, 11) is 4.07. The predicted octanol–water partition coefficient (Wildman–Crippen LogP) is 2.35. The third-order valence-electron chi connectivity index (χ3n) is 1.82. The maximum Gasteiger partial charge on any atom is 0.0596 e. The van der Waals surface area contributed by atoms with Crippen LogP contribution >= 0.6 is 0 Å². The van der Waals surface area contributed by atoms with E-state index in [-0.39, 0.29) is 0 Å². The molecule has 1 N–H and O–H groups in total. The van der Waals surface area contributed by atoms with Crippen LogP contribution in [0.25, 0.3) is 0 Å². The lowest BCUT2D eigenvalue weighted by Crippen LogP contribution is -2.11. The molecule has 0 amide bonds. The number of para-hydroxylation sites is 2. The first-order valence-corrected chi connectivity index (χ1v) is 4.37. The summed E-state index contributed by atoms with van der Waals surface area (Å²) < 4.78 is 0. The number of rotatable bonds is 4. The molecule has 13 heavy (non-hydrogen) atoms. The predicted molar refractivity (Wildman–Crippen MR) is 59.5 cm³/mol. The third kappa shape index (κ3) is 2.51. The largest absolute Gasteiger partial charge is 0.380 e. The minimum atomic E-state index is 0.796. The molecule has 0 saturated heterocycles. The van der Waals surface area contributed by atoms with Crippen molar-refractivity contribution in [2.24, 2.45) is 0 Å². The van der Waals surface area contributed by atoms with Crippen LogP contribution in [-0.2, 0) is 0 Å². The molecule has 0 atom stereocenters. The zero-order chi connectivity index (χ0) is 9.68. The quantitative estimate of drug-likeness (QED) is 0.708. The van der Waals surface area contributed by atoms with Crippen LogP contribution in [0.1, 0.15) is 0 Å². The van der Waals surface area contributed by atoms with Gasteiger partial charge in [0.2, 0.25) is 0 Å². The topological polar surface area (TPSA) is 15.3 Å². The first kappa shape index (κ1) is 9.65. The molecule has 0 aliphatic rings. The summed E-state index contributed by atoms with van der Waals surface area (Å²) in [6.07, 6.45) is 1.85. The van der Waals surface area contributed by atoms with E-state index in [2.05, 4.69) is 28.9 Å². The van der Waals surface area contributed by atoms with Gasteiger partial charge in [-0.25, -0.2) is 0 Å². The van der Waals surface area contributed by atoms with E-state index < -0.39 is 0 Å². The zero-order valence-electron chi connectivity index (χ0n) is 8.25. The first-order valence-electron chi connectivity index (χ1n) is 4.37. The monoisotopic (exact) mass is 176 g/mol. The van der Waals surface area contributed by atoms with Crippen LogP contribution in [0.15, 0.2) is 36.9 Å². The summed E-state index contributed by atoms with van der Waals surface area (Å²) in [6.45, 7) is 4.47. The van der Waals surface area contributed by atoms with Crippen molar-refractivity contribution < 1.29 is 0 Å². The molecule has 0 heterocycles. The van der Waals surface area contributed by atoms with Gasteiger partial charge in [-0.3, -0.25) is 0 Å². The molecule has 2 nitrogen and oxygen atoms in total. The van der Waals surface area contributed by atoms with Crippen LogP contribution in [0.4, 0.5) is 11.4 Å². The lowest BCUT2D eigenvalue weighted by molar-refractivity contribution is 1.13. The number of nitrogens with one attached hydrogen (secondary N) is 1. The molecule has 0 bridgehead atoms. The van der Waals surface area contributed by atoms with Crippen LogP contribution in [0.3, 0.4) is 0 Å². The van der Waals surface area contributed by atoms with Gasteiger partial charge in [-0.1, -0.05) is 18.2 Å². The van der Waals surface area contributed by atoms with Gasteiger partial charge in [-0.2, -0.15) is 0 Å². The molecule has 1 rings (SSSR count). The van der Waals surface area contributed by atoms with Gasteiger partial charge in [0.25, 0.3) is 0 Å². The van der Waals surface area contributed by atoms with Crippen molar-refractivity contribution in [3.8, 4) is 0 Å². The second-order valence-electron chi connectivity index (χ2n) is 3.08. The number of benzene rings is 1. The van der Waals surface area contributed by atoms with Crippen LogP contribution in [-0.4, -0.2) is 20.6 Å². The molecule has 0 saturated carbocycles. The Morgan fingerprint density at radius 1 is 1.38 bits per heavy atom. The second kappa shape index (κ2) is 4.55. The number of anilines is 2. The van der Waals surface area contributed by atoms with E-state index in [4.69, 9.17) is 0 Å². The average molecular weight is 176 g/mol. The van der Waals surface area contributed by atoms with Crippen molar-refractivity contribution in [2.45, 2.75) is 0 Å². The molecule has 0 aliphatic carbocycles. The third-order valence-corrected chi connectivity index (χ3v) is 1.82. The Hall–Kier alpha value is -1.44. The minimum Gasteiger partial charge on any atom is -0.380 e. The Morgan fingerprint density at radius 2 is 2.08 bits per heavy atom. The van der Waals surface area contributed by atoms with Crippen molar-refractivity contribution in [3.05, 3.63) is 36.9 Å². The fraction of sp³-hybridized carbons (Fsp3) is 0.273. The Balaban J connectivity index is 2.84. The highest BCUT2D eigenvalue weighted by molar-refractivity contribution is 5.69. The second-order valence-corrected chi connectivity index (χ2v) is 3.08. The molecule has 70 valence electrons. The van der Waals surface area contributed by atoms with Gasteiger partial charge in [0.1, 0.15) is 0 Å². The summed E-state index contributed by atoms with van der Waals surface area (Å²) in [6, 6.07) is 8.22. The van der Waals surface area contributed by atoms with Crippen LogP contribution in [0.2, 0.25) is 0 Å². The normalized spacial score (nSPS) is 9.38. The summed E-state index contributed by atoms with van der Waals surface area (Å²) >= 11 is 0. The van der Waals surface area contributed by atoms with Gasteiger partial charge in [-0.15, -0.1) is 6.58 Å². The van der Waals surface area contributed by atoms with Gasteiger partial charge in [0, 0.05) is 20.6 Å². The Kier molecular flexibility index (Phi) is 3.38. The van der Waals surface area contributed by atoms with Crippen molar-refractivity contribution in [1.29, 1.82) is 0 Å². The Labute approximate surface area is 79.9 Å². The molecule has 0 unspecified atom stereocenters. The molecule has 0 aliphatic heterocycles. The van der Waals surface area contributed by atoms with E-state index in [1.165, 1.54) is 5.69 Å². The summed E-state index contributed by atoms with van der Waals surface area (Å²) in [5, 5.41) is 3.28. The van der Waals surface area contributed by atoms with E-state index in [9.17, 15) is 0 Å². The molecule has 0 fully saturated rings. The Bertz CT molecular complexity index is 279. The smallest absolute Gasteiger partial charge is 0.0596 e. The molecule has 0 spiro atoms. The van der Waals surface area contributed by atoms with Crippen molar-refractivity contribution in [2.75, 3.05) is 30.9 Å². The molecule has 2 heteroatoms. The van der Waals surface area contributed by atoms with Gasteiger partial charge < -0.3 is 10.2 Å². The lowest BCUT2D eigenvalue weighted by Gasteiger charge is -2.17. The zero-order valence-corrected chi connectivity index (χ0v) is 8.25. The maximum absolute atomic E-state index is 3.67. The average Bonchev–Trinajstić information content (AvgIpc) is 2.15. The summed E-state index contributed by atoms with van der Waals surface area (Å²) in [4.78, 5) is 2.09. The molecular formula is C11H16N2. The first-order chi connectivity index (χ1) is 6.25. The van der Waals surface area contributed by atoms with E-state index in [1.807, 2.05) is 32.3 Å². The van der Waals surface area contributed by atoms with E-state index >= 15 is 0 Å². The fourth-order valence-electron chi connectivity index (χ4n) is 1.20. The maximum atomic E-state index is 3.67. The standard InChI is InChI=1S/C11H16N2/c1-4-9-12-10-7-5-6-8-11(10)13(2)3/h4-8,12H,1,9H2,2-3H3. The number of hydrogen-bond acceptors (Lipinski definition) is 2. The molecule has 1 aromatic carbocycles.